The quantitative estimate of drug-likeness (QED) is 0.363. The van der Waals surface area contributed by atoms with Crippen molar-refractivity contribution < 1.29 is 27.5 Å². The van der Waals surface area contributed by atoms with Crippen LogP contribution in [0.15, 0.2) is 71.6 Å². The van der Waals surface area contributed by atoms with Gasteiger partial charge in [-0.2, -0.15) is 0 Å². The Morgan fingerprint density at radius 2 is 1.56 bits per heavy atom. The average Bonchev–Trinajstić information content (AvgIpc) is 2.83. The first-order valence-electron chi connectivity index (χ1n) is 11.1. The fraction of sp³-hybridized carbons (Fsp3) is 0.231. The van der Waals surface area contributed by atoms with Crippen LogP contribution in [0.1, 0.15) is 43.1 Å². The molecule has 0 radical (unpaired) electrons. The molecule has 3 aromatic carbocycles. The maximum Gasteiger partial charge on any atom is 0.338 e. The molecule has 0 spiro atoms. The number of nitrogens with two attached hydrogens (primary N) is 1. The van der Waals surface area contributed by atoms with Gasteiger partial charge in [0.1, 0.15) is 16.4 Å². The molecule has 0 atom stereocenters. The fourth-order valence-electron chi connectivity index (χ4n) is 3.18. The molecular weight excluding hydrogens is 504 g/mol. The molecule has 3 N–H and O–H groups in total. The van der Waals surface area contributed by atoms with Crippen LogP contribution in [0.3, 0.4) is 0 Å². The lowest BCUT2D eigenvalue weighted by Gasteiger charge is -2.23. The molecule has 3 rings (SSSR count). The van der Waals surface area contributed by atoms with E-state index in [4.69, 9.17) is 26.2 Å². The summed E-state index contributed by atoms with van der Waals surface area (Å²) in [6, 6.07) is 18.1. The highest BCUT2D eigenvalue weighted by atomic mass is 35.5. The van der Waals surface area contributed by atoms with E-state index in [1.165, 1.54) is 17.7 Å². The molecular formula is C26H27ClN2O6S. The Morgan fingerprint density at radius 3 is 2.11 bits per heavy atom. The van der Waals surface area contributed by atoms with E-state index in [2.05, 4.69) is 38.2 Å². The molecule has 0 aliphatic rings. The minimum atomic E-state index is -4.12. The molecule has 8 nitrogen and oxygen atoms in total. The largest absolute Gasteiger partial charge is 0.457 e. The lowest BCUT2D eigenvalue weighted by molar-refractivity contribution is -0.119. The molecule has 0 aliphatic carbocycles. The summed E-state index contributed by atoms with van der Waals surface area (Å²) in [7, 11) is -4.12. The van der Waals surface area contributed by atoms with E-state index in [0.717, 1.165) is 12.5 Å². The highest BCUT2D eigenvalue weighted by Crippen LogP contribution is 2.30. The zero-order chi connectivity index (χ0) is 26.5. The van der Waals surface area contributed by atoms with E-state index in [1.54, 1.807) is 24.3 Å². The number of halogens is 1. The van der Waals surface area contributed by atoms with Gasteiger partial charge >= 0.3 is 5.97 Å². The minimum absolute atomic E-state index is 0.0928. The summed E-state index contributed by atoms with van der Waals surface area (Å²) in [5, 5.41) is 7.56. The van der Waals surface area contributed by atoms with Crippen molar-refractivity contribution in [1.82, 2.24) is 0 Å². The molecule has 0 bridgehead atoms. The Kier molecular flexibility index (Phi) is 8.39. The number of nitrogens with one attached hydrogen (secondary N) is 1. The summed E-state index contributed by atoms with van der Waals surface area (Å²) in [5.41, 5.74) is 1.70. The van der Waals surface area contributed by atoms with E-state index >= 15 is 0 Å². The Hall–Kier alpha value is -3.40. The number of sulfonamides is 1. The number of carbonyl (C=O) groups excluding carboxylic acids is 2. The molecule has 0 fully saturated rings. The highest BCUT2D eigenvalue weighted by molar-refractivity contribution is 7.89. The van der Waals surface area contributed by atoms with Crippen LogP contribution >= 0.6 is 11.6 Å². The van der Waals surface area contributed by atoms with Crippen LogP contribution in [0.2, 0.25) is 5.02 Å². The van der Waals surface area contributed by atoms with Crippen molar-refractivity contribution in [3.05, 3.63) is 82.9 Å². The number of benzene rings is 3. The average molecular weight is 531 g/mol. The Bertz CT molecular complexity index is 1350. The third kappa shape index (κ3) is 7.07. The van der Waals surface area contributed by atoms with Gasteiger partial charge in [-0.15, -0.1) is 0 Å². The second-order valence-corrected chi connectivity index (χ2v) is 10.6. The maximum absolute atomic E-state index is 12.2. The molecule has 3 aromatic rings. The monoisotopic (exact) mass is 530 g/mol. The van der Waals surface area contributed by atoms with Crippen LogP contribution in [0, 0.1) is 0 Å². The van der Waals surface area contributed by atoms with Crippen LogP contribution in [0.25, 0.3) is 0 Å². The maximum atomic E-state index is 12.2. The molecule has 10 heteroatoms. The Labute approximate surface area is 215 Å². The molecule has 0 saturated heterocycles. The van der Waals surface area contributed by atoms with Gasteiger partial charge in [-0.25, -0.2) is 18.4 Å². The highest BCUT2D eigenvalue weighted by Gasteiger charge is 2.19. The molecule has 0 heterocycles. The van der Waals surface area contributed by atoms with Gasteiger partial charge in [0.15, 0.2) is 6.61 Å². The molecule has 0 unspecified atom stereocenters. The van der Waals surface area contributed by atoms with Crippen molar-refractivity contribution in [2.45, 2.75) is 37.5 Å². The zero-order valence-electron chi connectivity index (χ0n) is 20.1. The Balaban J connectivity index is 1.54. The third-order valence-corrected chi connectivity index (χ3v) is 7.09. The number of carbonyl (C=O) groups is 2. The molecule has 190 valence electrons. The smallest absolute Gasteiger partial charge is 0.338 e. The number of anilines is 1. The number of hydrogen-bond acceptors (Lipinski definition) is 6. The van der Waals surface area contributed by atoms with E-state index in [0.29, 0.717) is 17.2 Å². The van der Waals surface area contributed by atoms with Gasteiger partial charge in [0.25, 0.3) is 5.91 Å². The van der Waals surface area contributed by atoms with Crippen LogP contribution in [0.5, 0.6) is 11.5 Å². The summed E-state index contributed by atoms with van der Waals surface area (Å²) in [6.45, 7) is 5.96. The molecule has 1 amide bonds. The summed E-state index contributed by atoms with van der Waals surface area (Å²) < 4.78 is 33.9. The SMILES string of the molecule is CCC(C)(C)c1ccc(Oc2ccc(NC(=O)COC(=O)c3ccc(Cl)c(S(N)(=O)=O)c3)cc2)cc1. The predicted octanol–water partition coefficient (Wildman–Crippen LogP) is 5.26. The summed E-state index contributed by atoms with van der Waals surface area (Å²) in [6.07, 6.45) is 1.03. The number of esters is 1. The molecule has 0 saturated carbocycles. The van der Waals surface area contributed by atoms with Crippen molar-refractivity contribution in [2.24, 2.45) is 5.14 Å². The lowest BCUT2D eigenvalue weighted by Crippen LogP contribution is -2.21. The number of amides is 1. The minimum Gasteiger partial charge on any atom is -0.457 e. The van der Waals surface area contributed by atoms with Crippen LogP contribution < -0.4 is 15.2 Å². The first-order chi connectivity index (χ1) is 16.9. The van der Waals surface area contributed by atoms with Crippen molar-refractivity contribution >= 4 is 39.2 Å². The van der Waals surface area contributed by atoms with Crippen LogP contribution in [-0.4, -0.2) is 26.9 Å². The van der Waals surface area contributed by atoms with Gasteiger partial charge in [-0.1, -0.05) is 44.5 Å². The first-order valence-corrected chi connectivity index (χ1v) is 13.0. The fourth-order valence-corrected chi connectivity index (χ4v) is 4.25. The van der Waals surface area contributed by atoms with Crippen LogP contribution in [0.4, 0.5) is 5.69 Å². The van der Waals surface area contributed by atoms with Crippen molar-refractivity contribution in [3.8, 4) is 11.5 Å². The number of ether oxygens (including phenoxy) is 2. The number of hydrogen-bond donors (Lipinski definition) is 2. The van der Waals surface area contributed by atoms with Crippen molar-refractivity contribution in [2.75, 3.05) is 11.9 Å². The van der Waals surface area contributed by atoms with Crippen molar-refractivity contribution in [3.63, 3.8) is 0 Å². The normalized spacial score (nSPS) is 11.6. The van der Waals surface area contributed by atoms with Crippen molar-refractivity contribution in [1.29, 1.82) is 0 Å². The summed E-state index contributed by atoms with van der Waals surface area (Å²) >= 11 is 5.80. The number of rotatable bonds is 9. The van der Waals surface area contributed by atoms with E-state index < -0.39 is 33.4 Å². The van der Waals surface area contributed by atoms with E-state index in [9.17, 15) is 18.0 Å². The van der Waals surface area contributed by atoms with Gasteiger partial charge in [-0.05, 0) is 72.0 Å². The van der Waals surface area contributed by atoms with E-state index in [1.807, 2.05) is 12.1 Å². The van der Waals surface area contributed by atoms with Gasteiger partial charge in [-0.3, -0.25) is 4.79 Å². The van der Waals surface area contributed by atoms with E-state index in [-0.39, 0.29) is 16.0 Å². The predicted molar refractivity (Wildman–Crippen MR) is 138 cm³/mol. The van der Waals surface area contributed by atoms with Gasteiger partial charge in [0.2, 0.25) is 10.0 Å². The lowest BCUT2D eigenvalue weighted by atomic mass is 9.82. The molecule has 36 heavy (non-hydrogen) atoms. The second kappa shape index (κ2) is 11.1. The molecule has 0 aliphatic heterocycles. The third-order valence-electron chi connectivity index (χ3n) is 5.70. The van der Waals surface area contributed by atoms with Gasteiger partial charge < -0.3 is 14.8 Å². The summed E-state index contributed by atoms with van der Waals surface area (Å²) in [4.78, 5) is 24.0. The topological polar surface area (TPSA) is 125 Å². The van der Waals surface area contributed by atoms with Gasteiger partial charge in [0.05, 0.1) is 10.6 Å². The summed E-state index contributed by atoms with van der Waals surface area (Å²) in [5.74, 6) is -0.187. The Morgan fingerprint density at radius 1 is 0.972 bits per heavy atom. The standard InChI is InChI=1S/C26H27ClN2O6S/c1-4-26(2,3)18-6-10-20(11-7-18)35-21-12-8-19(9-13-21)29-24(30)16-34-25(31)17-5-14-22(27)23(15-17)36(28,32)33/h5-15H,4,16H2,1-3H3,(H,29,30)(H2,28,32,33). The zero-order valence-corrected chi connectivity index (χ0v) is 21.7. The second-order valence-electron chi connectivity index (χ2n) is 8.70. The number of primary sulfonamides is 1. The first kappa shape index (κ1) is 27.2. The van der Waals surface area contributed by atoms with Crippen LogP contribution in [-0.2, 0) is 25.0 Å². The molecule has 0 aromatic heterocycles. The van der Waals surface area contributed by atoms with Gasteiger partial charge in [0, 0.05) is 5.69 Å².